The van der Waals surface area contributed by atoms with Crippen LogP contribution in [0, 0.1) is 0 Å². The molecule has 0 aromatic carbocycles. The molecule has 1 aliphatic heterocycles. The molecule has 40 heavy (non-hydrogen) atoms. The molecule has 3 aliphatic rings. The fourth-order valence-corrected chi connectivity index (χ4v) is 6.93. The summed E-state index contributed by atoms with van der Waals surface area (Å²) in [6.45, 7) is 10.4. The van der Waals surface area contributed by atoms with Crippen LogP contribution in [0.15, 0.2) is 6.33 Å². The Morgan fingerprint density at radius 3 is 2.33 bits per heavy atom. The second-order valence-electron chi connectivity index (χ2n) is 12.7. The van der Waals surface area contributed by atoms with E-state index in [4.69, 9.17) is 20.7 Å². The number of imidazole rings is 1. The van der Waals surface area contributed by atoms with Crippen LogP contribution in [0.25, 0.3) is 11.2 Å². The lowest BCUT2D eigenvalue weighted by Crippen LogP contribution is -2.48. The van der Waals surface area contributed by atoms with Crippen molar-refractivity contribution >= 4 is 22.9 Å². The van der Waals surface area contributed by atoms with Crippen molar-refractivity contribution < 1.29 is 0 Å². The number of fused-ring (bicyclic) bond motifs is 1. The van der Waals surface area contributed by atoms with E-state index in [1.807, 2.05) is 6.33 Å². The number of nitrogens with zero attached hydrogens (tertiary/aromatic N) is 6. The summed E-state index contributed by atoms with van der Waals surface area (Å²) in [7, 11) is 0. The van der Waals surface area contributed by atoms with E-state index in [0.29, 0.717) is 18.1 Å². The minimum absolute atomic E-state index is 0.281. The number of anilines is 2. The molecular weight excluding hydrogens is 498 g/mol. The van der Waals surface area contributed by atoms with Gasteiger partial charge in [-0.2, -0.15) is 9.97 Å². The average molecular weight is 554 g/mol. The number of aromatic nitrogens is 4. The van der Waals surface area contributed by atoms with Crippen molar-refractivity contribution in [3.8, 4) is 0 Å². The molecule has 1 unspecified atom stereocenters. The Hall–Kier alpha value is -1.97. The van der Waals surface area contributed by atoms with Crippen molar-refractivity contribution in [2.45, 2.75) is 134 Å². The molecule has 3 heterocycles. The topological polar surface area (TPSA) is 100 Å². The lowest BCUT2D eigenvalue weighted by molar-refractivity contribution is 0.138. The van der Waals surface area contributed by atoms with E-state index in [0.717, 1.165) is 74.7 Å². The van der Waals surface area contributed by atoms with Crippen LogP contribution in [-0.2, 0) is 0 Å². The minimum atomic E-state index is 0.281. The lowest BCUT2D eigenvalue weighted by atomic mass is 9.92. The van der Waals surface area contributed by atoms with E-state index >= 15 is 0 Å². The van der Waals surface area contributed by atoms with Crippen molar-refractivity contribution in [2.24, 2.45) is 5.73 Å². The molecule has 5 rings (SSSR count). The maximum atomic E-state index is 6.18. The summed E-state index contributed by atoms with van der Waals surface area (Å²) in [4.78, 5) is 20.4. The van der Waals surface area contributed by atoms with E-state index in [2.05, 4.69) is 38.8 Å². The Kier molecular flexibility index (Phi) is 10.9. The van der Waals surface area contributed by atoms with Crippen LogP contribution in [0.5, 0.6) is 0 Å². The van der Waals surface area contributed by atoms with E-state index in [1.165, 1.54) is 77.3 Å². The Labute approximate surface area is 242 Å². The first kappa shape index (κ1) is 29.5. The molecule has 2 aliphatic carbocycles. The van der Waals surface area contributed by atoms with E-state index < -0.39 is 0 Å². The summed E-state index contributed by atoms with van der Waals surface area (Å²) >= 11 is 0. The molecule has 0 radical (unpaired) electrons. The van der Waals surface area contributed by atoms with E-state index in [1.54, 1.807) is 0 Å². The molecule has 2 aromatic heterocycles. The highest BCUT2D eigenvalue weighted by Gasteiger charge is 2.27. The van der Waals surface area contributed by atoms with E-state index in [9.17, 15) is 0 Å². The SMILES string of the molecule is CCCCN(CCCC)CCN1CCCCC1Nc1nc(NC2CCC(N)CC2)nc2c1ncn2C1CCCC1. The molecule has 9 heteroatoms. The van der Waals surface area contributed by atoms with Gasteiger partial charge in [0.1, 0.15) is 0 Å². The van der Waals surface area contributed by atoms with Crippen LogP contribution in [0.3, 0.4) is 0 Å². The number of piperidine rings is 1. The first-order valence-corrected chi connectivity index (χ1v) is 16.6. The Morgan fingerprint density at radius 1 is 0.875 bits per heavy atom. The van der Waals surface area contributed by atoms with Crippen LogP contribution in [-0.4, -0.2) is 80.3 Å². The molecule has 1 saturated heterocycles. The number of nitrogens with one attached hydrogen (secondary N) is 2. The first-order valence-electron chi connectivity index (χ1n) is 16.6. The van der Waals surface area contributed by atoms with Crippen LogP contribution >= 0.6 is 0 Å². The highest BCUT2D eigenvalue weighted by Crippen LogP contribution is 2.34. The van der Waals surface area contributed by atoms with Gasteiger partial charge in [-0.3, -0.25) is 4.90 Å². The predicted molar refractivity (Wildman–Crippen MR) is 166 cm³/mol. The molecule has 9 nitrogen and oxygen atoms in total. The second kappa shape index (κ2) is 14.8. The third kappa shape index (κ3) is 7.65. The predicted octanol–water partition coefficient (Wildman–Crippen LogP) is 5.75. The highest BCUT2D eigenvalue weighted by molar-refractivity contribution is 5.84. The third-order valence-corrected chi connectivity index (χ3v) is 9.52. The summed E-state index contributed by atoms with van der Waals surface area (Å²) in [5.74, 6) is 1.63. The zero-order valence-electron chi connectivity index (χ0n) is 25.3. The summed E-state index contributed by atoms with van der Waals surface area (Å²) < 4.78 is 2.33. The summed E-state index contributed by atoms with van der Waals surface area (Å²) in [5.41, 5.74) is 8.08. The molecule has 2 saturated carbocycles. The highest BCUT2D eigenvalue weighted by atomic mass is 15.3. The van der Waals surface area contributed by atoms with Gasteiger partial charge in [-0.1, -0.05) is 39.5 Å². The van der Waals surface area contributed by atoms with Crippen molar-refractivity contribution in [1.82, 2.24) is 29.3 Å². The van der Waals surface area contributed by atoms with Gasteiger partial charge in [0.15, 0.2) is 17.0 Å². The zero-order chi connectivity index (χ0) is 27.7. The quantitative estimate of drug-likeness (QED) is 0.272. The van der Waals surface area contributed by atoms with Gasteiger partial charge in [0.05, 0.1) is 12.5 Å². The number of rotatable bonds is 14. The number of unbranched alkanes of at least 4 members (excludes halogenated alkanes) is 2. The molecule has 0 spiro atoms. The van der Waals surface area contributed by atoms with Crippen LogP contribution in [0.1, 0.15) is 116 Å². The van der Waals surface area contributed by atoms with Crippen LogP contribution < -0.4 is 16.4 Å². The van der Waals surface area contributed by atoms with Crippen LogP contribution in [0.4, 0.5) is 11.8 Å². The molecule has 2 aromatic rings. The van der Waals surface area contributed by atoms with Gasteiger partial charge in [-0.15, -0.1) is 0 Å². The van der Waals surface area contributed by atoms with Gasteiger partial charge in [-0.05, 0) is 83.7 Å². The normalized spacial score (nSPS) is 24.8. The minimum Gasteiger partial charge on any atom is -0.353 e. The number of nitrogens with two attached hydrogens (primary N) is 1. The Morgan fingerprint density at radius 2 is 1.60 bits per heavy atom. The van der Waals surface area contributed by atoms with Crippen molar-refractivity contribution in [2.75, 3.05) is 43.4 Å². The standard InChI is InChI=1S/C31H55N9/c1-3-5-18-38(19-6-4-2)21-22-39-20-10-9-13-27(39)35-29-28-30(40(23-33-28)26-11-7-8-12-26)37-31(36-29)34-25-16-14-24(32)15-17-25/h23-27H,3-22,32H2,1-2H3,(H2,34,35,36,37). The Bertz CT molecular complexity index is 1020. The Balaban J connectivity index is 1.34. The zero-order valence-corrected chi connectivity index (χ0v) is 25.3. The molecular formula is C31H55N9. The monoisotopic (exact) mass is 553 g/mol. The van der Waals surface area contributed by atoms with Gasteiger partial charge in [0.25, 0.3) is 0 Å². The van der Waals surface area contributed by atoms with Gasteiger partial charge in [0, 0.05) is 37.8 Å². The summed E-state index contributed by atoms with van der Waals surface area (Å²) in [6.07, 6.45) is 20.4. The van der Waals surface area contributed by atoms with Crippen molar-refractivity contribution in [3.63, 3.8) is 0 Å². The molecule has 1 atom stereocenters. The van der Waals surface area contributed by atoms with Gasteiger partial charge >= 0.3 is 0 Å². The van der Waals surface area contributed by atoms with E-state index in [-0.39, 0.29) is 6.17 Å². The maximum Gasteiger partial charge on any atom is 0.227 e. The lowest BCUT2D eigenvalue weighted by Gasteiger charge is -2.37. The third-order valence-electron chi connectivity index (χ3n) is 9.52. The van der Waals surface area contributed by atoms with Crippen LogP contribution in [0.2, 0.25) is 0 Å². The van der Waals surface area contributed by atoms with Crippen molar-refractivity contribution in [3.05, 3.63) is 6.33 Å². The average Bonchev–Trinajstić information content (AvgIpc) is 3.65. The fourth-order valence-electron chi connectivity index (χ4n) is 6.93. The molecule has 0 amide bonds. The maximum absolute atomic E-state index is 6.18. The van der Waals surface area contributed by atoms with Gasteiger partial charge < -0.3 is 25.8 Å². The van der Waals surface area contributed by atoms with Gasteiger partial charge in [-0.25, -0.2) is 4.98 Å². The second-order valence-corrected chi connectivity index (χ2v) is 12.7. The molecule has 0 bridgehead atoms. The fraction of sp³-hybridized carbons (Fsp3) is 0.839. The first-order chi connectivity index (χ1) is 19.6. The largest absolute Gasteiger partial charge is 0.353 e. The molecule has 4 N–H and O–H groups in total. The van der Waals surface area contributed by atoms with Crippen molar-refractivity contribution in [1.29, 1.82) is 0 Å². The number of hydrogen-bond donors (Lipinski definition) is 3. The molecule has 224 valence electrons. The number of hydrogen-bond acceptors (Lipinski definition) is 8. The smallest absolute Gasteiger partial charge is 0.227 e. The van der Waals surface area contributed by atoms with Gasteiger partial charge in [0.2, 0.25) is 5.95 Å². The number of likely N-dealkylation sites (tertiary alicyclic amines) is 1. The molecule has 3 fully saturated rings. The summed E-state index contributed by atoms with van der Waals surface area (Å²) in [5, 5.41) is 7.58. The summed E-state index contributed by atoms with van der Waals surface area (Å²) in [6, 6.07) is 1.22.